The van der Waals surface area contributed by atoms with Crippen LogP contribution in [-0.2, 0) is 10.4 Å². The SMILES string of the molecule is Cc1cc(C2CC(c3cc(Cl)cc(Cl)c3)(C(F)(F)Cl)ON2CC(F)(F)F)ccc1C(=O)O. The number of rotatable bonds is 5. The molecule has 1 saturated heterocycles. The van der Waals surface area contributed by atoms with Gasteiger partial charge in [-0.25, -0.2) is 4.79 Å². The molecule has 1 fully saturated rings. The third kappa shape index (κ3) is 4.97. The van der Waals surface area contributed by atoms with Gasteiger partial charge in [-0.3, -0.25) is 4.84 Å². The van der Waals surface area contributed by atoms with E-state index in [-0.39, 0.29) is 32.3 Å². The van der Waals surface area contributed by atoms with Crippen LogP contribution >= 0.6 is 34.8 Å². The Kier molecular flexibility index (Phi) is 6.72. The summed E-state index contributed by atoms with van der Waals surface area (Å²) in [6.07, 6.45) is -5.49. The van der Waals surface area contributed by atoms with Crippen LogP contribution in [0.2, 0.25) is 10.0 Å². The number of hydrogen-bond acceptors (Lipinski definition) is 3. The average molecular weight is 519 g/mol. The predicted octanol–water partition coefficient (Wildman–Crippen LogP) is 6.97. The summed E-state index contributed by atoms with van der Waals surface area (Å²) in [5.74, 6) is -1.24. The molecule has 0 saturated carbocycles. The first-order valence-electron chi connectivity index (χ1n) is 9.02. The Morgan fingerprint density at radius 1 is 1.16 bits per heavy atom. The average Bonchev–Trinajstić information content (AvgIpc) is 2.99. The molecule has 1 heterocycles. The van der Waals surface area contributed by atoms with Crippen molar-refractivity contribution in [3.8, 4) is 0 Å². The van der Waals surface area contributed by atoms with Crippen molar-refractivity contribution in [2.45, 2.75) is 36.5 Å². The number of aryl methyl sites for hydroxylation is 1. The Morgan fingerprint density at radius 3 is 2.22 bits per heavy atom. The van der Waals surface area contributed by atoms with Gasteiger partial charge in [0, 0.05) is 16.5 Å². The number of hydrogen-bond donors (Lipinski definition) is 1. The lowest BCUT2D eigenvalue weighted by molar-refractivity contribution is -0.291. The van der Waals surface area contributed by atoms with Crippen molar-refractivity contribution in [3.05, 3.63) is 68.7 Å². The fourth-order valence-corrected chi connectivity index (χ4v) is 4.45. The smallest absolute Gasteiger partial charge is 0.403 e. The highest BCUT2D eigenvalue weighted by Crippen LogP contribution is 2.56. The maximum absolute atomic E-state index is 14.7. The molecule has 0 radical (unpaired) electrons. The first kappa shape index (κ1) is 25.0. The van der Waals surface area contributed by atoms with E-state index in [1.165, 1.54) is 31.2 Å². The normalized spacial score (nSPS) is 22.3. The van der Waals surface area contributed by atoms with Crippen molar-refractivity contribution < 1.29 is 36.7 Å². The van der Waals surface area contributed by atoms with Crippen molar-refractivity contribution in [2.75, 3.05) is 6.54 Å². The van der Waals surface area contributed by atoms with Crippen molar-refractivity contribution in [3.63, 3.8) is 0 Å². The minimum atomic E-state index is -4.79. The maximum atomic E-state index is 14.7. The Hall–Kier alpha value is -1.65. The Bertz CT molecular complexity index is 1020. The Balaban J connectivity index is 2.16. The molecule has 12 heteroatoms. The maximum Gasteiger partial charge on any atom is 0.403 e. The fourth-order valence-electron chi connectivity index (χ4n) is 3.70. The van der Waals surface area contributed by atoms with Crippen molar-refractivity contribution >= 4 is 40.8 Å². The molecule has 32 heavy (non-hydrogen) atoms. The summed E-state index contributed by atoms with van der Waals surface area (Å²) in [5, 5.41) is 5.33. The third-order valence-corrected chi connectivity index (χ3v) is 5.83. The molecule has 0 bridgehead atoms. The first-order chi connectivity index (χ1) is 14.6. The number of carbonyl (C=O) groups is 1. The van der Waals surface area contributed by atoms with Gasteiger partial charge in [-0.15, -0.1) is 0 Å². The van der Waals surface area contributed by atoms with E-state index in [9.17, 15) is 31.9 Å². The van der Waals surface area contributed by atoms with Gasteiger partial charge in [0.25, 0.3) is 0 Å². The zero-order valence-electron chi connectivity index (χ0n) is 16.2. The quantitative estimate of drug-likeness (QED) is 0.343. The number of nitrogens with zero attached hydrogens (tertiary/aromatic N) is 1. The van der Waals surface area contributed by atoms with Crippen LogP contribution in [0, 0.1) is 6.92 Å². The molecule has 1 aliphatic rings. The standard InChI is InChI=1S/C20H15Cl3F5NO3/c1-10-4-11(2-3-15(10)17(30)31)16-8-18(20(23,27)28,32-29(16)9-19(24,25)26)12-5-13(21)7-14(22)6-12/h2-7,16H,8-9H2,1H3,(H,30,31). The van der Waals surface area contributed by atoms with Crippen LogP contribution in [0.5, 0.6) is 0 Å². The molecule has 2 unspecified atom stereocenters. The molecule has 174 valence electrons. The lowest BCUT2D eigenvalue weighted by atomic mass is 9.85. The second-order valence-electron chi connectivity index (χ2n) is 7.36. The van der Waals surface area contributed by atoms with Gasteiger partial charge in [0.15, 0.2) is 5.60 Å². The van der Waals surface area contributed by atoms with Gasteiger partial charge in [-0.1, -0.05) is 35.3 Å². The van der Waals surface area contributed by atoms with Gasteiger partial charge in [0.2, 0.25) is 0 Å². The predicted molar refractivity (Wildman–Crippen MR) is 108 cm³/mol. The van der Waals surface area contributed by atoms with Gasteiger partial charge >= 0.3 is 17.5 Å². The monoisotopic (exact) mass is 517 g/mol. The summed E-state index contributed by atoms with van der Waals surface area (Å²) in [4.78, 5) is 16.5. The number of hydroxylamine groups is 2. The molecule has 3 rings (SSSR count). The van der Waals surface area contributed by atoms with E-state index in [2.05, 4.69) is 0 Å². The van der Waals surface area contributed by atoms with Gasteiger partial charge in [-0.05, 0) is 59.5 Å². The second kappa shape index (κ2) is 8.61. The molecular formula is C20H15Cl3F5NO3. The molecule has 4 nitrogen and oxygen atoms in total. The minimum absolute atomic E-state index is 0.0381. The molecule has 0 spiro atoms. The summed E-state index contributed by atoms with van der Waals surface area (Å²) in [7, 11) is 0. The van der Waals surface area contributed by atoms with Crippen molar-refractivity contribution in [1.82, 2.24) is 5.06 Å². The Labute approximate surface area is 194 Å². The van der Waals surface area contributed by atoms with E-state index >= 15 is 0 Å². The minimum Gasteiger partial charge on any atom is -0.478 e. The third-order valence-electron chi connectivity index (χ3n) is 5.09. The summed E-state index contributed by atoms with van der Waals surface area (Å²) in [5.41, 5.74) is -2.72. The number of carboxylic acid groups (broad SMARTS) is 1. The van der Waals surface area contributed by atoms with E-state index in [1.54, 1.807) is 0 Å². The molecule has 0 aliphatic carbocycles. The zero-order chi connectivity index (χ0) is 24.1. The van der Waals surface area contributed by atoms with E-state index in [0.29, 0.717) is 5.06 Å². The van der Waals surface area contributed by atoms with E-state index < -0.39 is 42.1 Å². The van der Waals surface area contributed by atoms with Crippen LogP contribution in [0.3, 0.4) is 0 Å². The highest BCUT2D eigenvalue weighted by molar-refractivity contribution is 6.34. The number of carboxylic acids is 1. The Morgan fingerprint density at radius 2 is 1.75 bits per heavy atom. The largest absolute Gasteiger partial charge is 0.478 e. The summed E-state index contributed by atoms with van der Waals surface area (Å²) in [6.45, 7) is -0.239. The molecular weight excluding hydrogens is 504 g/mol. The molecule has 0 amide bonds. The number of alkyl halides is 6. The zero-order valence-corrected chi connectivity index (χ0v) is 18.5. The van der Waals surface area contributed by atoms with E-state index in [0.717, 1.165) is 12.1 Å². The summed E-state index contributed by atoms with van der Waals surface area (Å²) >= 11 is 17.2. The lowest BCUT2D eigenvalue weighted by Gasteiger charge is -2.33. The van der Waals surface area contributed by atoms with Crippen LogP contribution in [0.4, 0.5) is 22.0 Å². The van der Waals surface area contributed by atoms with Crippen LogP contribution < -0.4 is 0 Å². The molecule has 2 atom stereocenters. The fraction of sp³-hybridized carbons (Fsp3) is 0.350. The summed E-state index contributed by atoms with van der Waals surface area (Å²) < 4.78 is 69.3. The van der Waals surface area contributed by atoms with Crippen LogP contribution in [0.15, 0.2) is 36.4 Å². The van der Waals surface area contributed by atoms with Gasteiger partial charge in [-0.2, -0.15) is 27.0 Å². The summed E-state index contributed by atoms with van der Waals surface area (Å²) in [6, 6.07) is 5.87. The van der Waals surface area contributed by atoms with Crippen molar-refractivity contribution in [1.29, 1.82) is 0 Å². The van der Waals surface area contributed by atoms with Crippen molar-refractivity contribution in [2.24, 2.45) is 0 Å². The van der Waals surface area contributed by atoms with E-state index in [1.807, 2.05) is 0 Å². The van der Waals surface area contributed by atoms with E-state index in [4.69, 9.17) is 39.6 Å². The van der Waals surface area contributed by atoms with Crippen LogP contribution in [0.1, 0.15) is 39.5 Å². The lowest BCUT2D eigenvalue weighted by Crippen LogP contribution is -2.43. The number of halogens is 8. The van der Waals surface area contributed by atoms with Gasteiger partial charge < -0.3 is 5.11 Å². The molecule has 2 aromatic carbocycles. The second-order valence-corrected chi connectivity index (χ2v) is 8.71. The van der Waals surface area contributed by atoms with Gasteiger partial charge in [0.1, 0.15) is 6.54 Å². The number of benzene rings is 2. The van der Waals surface area contributed by atoms with Crippen LogP contribution in [0.25, 0.3) is 0 Å². The topological polar surface area (TPSA) is 49.8 Å². The molecule has 0 aromatic heterocycles. The first-order valence-corrected chi connectivity index (χ1v) is 10.2. The molecule has 1 aliphatic heterocycles. The van der Waals surface area contributed by atoms with Gasteiger partial charge in [0.05, 0.1) is 11.6 Å². The highest BCUT2D eigenvalue weighted by Gasteiger charge is 2.63. The molecule has 2 aromatic rings. The highest BCUT2D eigenvalue weighted by atomic mass is 35.5. The number of aromatic carboxylic acids is 1. The van der Waals surface area contributed by atoms with Crippen LogP contribution in [-0.4, -0.2) is 34.2 Å². The molecule has 1 N–H and O–H groups in total.